The lowest BCUT2D eigenvalue weighted by Gasteiger charge is -2.15. The van der Waals surface area contributed by atoms with E-state index >= 15 is 0 Å². The van der Waals surface area contributed by atoms with Gasteiger partial charge in [0.25, 0.3) is 11.1 Å². The Bertz CT molecular complexity index is 1050. The summed E-state index contributed by atoms with van der Waals surface area (Å²) in [7, 11) is 1.52. The Morgan fingerprint density at radius 3 is 2.50 bits per heavy atom. The number of hydrogen-bond acceptors (Lipinski definition) is 4. The van der Waals surface area contributed by atoms with Gasteiger partial charge < -0.3 is 4.74 Å². The maximum absolute atomic E-state index is 12.9. The van der Waals surface area contributed by atoms with Crippen LogP contribution in [0.4, 0.5) is 10.5 Å². The molecule has 1 heterocycles. The maximum Gasteiger partial charge on any atom is 0.298 e. The number of para-hydroxylation sites is 2. The van der Waals surface area contributed by atoms with Gasteiger partial charge in [-0.2, -0.15) is 0 Å². The molecule has 5 heteroatoms. The number of anilines is 1. The van der Waals surface area contributed by atoms with Gasteiger partial charge in [0.2, 0.25) is 0 Å². The zero-order valence-corrected chi connectivity index (χ0v) is 14.8. The van der Waals surface area contributed by atoms with Crippen molar-refractivity contribution in [2.45, 2.75) is 0 Å². The number of amides is 2. The molecule has 3 aromatic rings. The molecule has 0 unspecified atom stereocenters. The van der Waals surface area contributed by atoms with Crippen LogP contribution in [0.1, 0.15) is 5.56 Å². The van der Waals surface area contributed by atoms with Crippen LogP contribution in [0, 0.1) is 0 Å². The Labute approximate surface area is 155 Å². The second-order valence-corrected chi connectivity index (χ2v) is 6.75. The van der Waals surface area contributed by atoms with Crippen molar-refractivity contribution in [3.8, 4) is 5.75 Å². The summed E-state index contributed by atoms with van der Waals surface area (Å²) >= 11 is 0.942. The Morgan fingerprint density at radius 1 is 0.923 bits per heavy atom. The molecule has 128 valence electrons. The highest BCUT2D eigenvalue weighted by Gasteiger charge is 2.37. The molecule has 0 atom stereocenters. The van der Waals surface area contributed by atoms with Gasteiger partial charge in [0.1, 0.15) is 5.75 Å². The van der Waals surface area contributed by atoms with E-state index in [-0.39, 0.29) is 11.1 Å². The van der Waals surface area contributed by atoms with Crippen LogP contribution in [0.25, 0.3) is 16.8 Å². The van der Waals surface area contributed by atoms with Gasteiger partial charge in [-0.25, -0.2) is 4.90 Å². The normalized spacial score (nSPS) is 15.9. The van der Waals surface area contributed by atoms with Crippen LogP contribution >= 0.6 is 11.8 Å². The first-order valence-corrected chi connectivity index (χ1v) is 8.89. The Balaban J connectivity index is 1.76. The summed E-state index contributed by atoms with van der Waals surface area (Å²) in [5.74, 6) is 0.152. The van der Waals surface area contributed by atoms with Gasteiger partial charge in [-0.15, -0.1) is 0 Å². The summed E-state index contributed by atoms with van der Waals surface area (Å²) in [5.41, 5.74) is 1.37. The van der Waals surface area contributed by atoms with Gasteiger partial charge >= 0.3 is 0 Å². The van der Waals surface area contributed by atoms with Crippen LogP contribution in [-0.2, 0) is 4.79 Å². The van der Waals surface area contributed by atoms with E-state index in [9.17, 15) is 9.59 Å². The summed E-state index contributed by atoms with van der Waals surface area (Å²) < 4.78 is 5.29. The summed E-state index contributed by atoms with van der Waals surface area (Å²) in [6.45, 7) is 0. The van der Waals surface area contributed by atoms with Crippen LogP contribution < -0.4 is 9.64 Å². The number of nitrogens with zero attached hydrogens (tertiary/aromatic N) is 1. The number of carbonyl (C=O) groups is 2. The molecule has 1 fully saturated rings. The fourth-order valence-electron chi connectivity index (χ4n) is 3.01. The molecule has 3 aromatic carbocycles. The predicted octanol–water partition coefficient (Wildman–Crippen LogP) is 5.09. The molecule has 1 aliphatic heterocycles. The van der Waals surface area contributed by atoms with E-state index in [1.807, 2.05) is 42.5 Å². The van der Waals surface area contributed by atoms with Gasteiger partial charge in [0.05, 0.1) is 17.7 Å². The van der Waals surface area contributed by atoms with Crippen LogP contribution in [0.5, 0.6) is 5.75 Å². The highest BCUT2D eigenvalue weighted by molar-refractivity contribution is 8.19. The van der Waals surface area contributed by atoms with Gasteiger partial charge in [-0.3, -0.25) is 9.59 Å². The van der Waals surface area contributed by atoms with Crippen molar-refractivity contribution < 1.29 is 14.3 Å². The van der Waals surface area contributed by atoms with Crippen molar-refractivity contribution in [2.75, 3.05) is 12.0 Å². The minimum Gasteiger partial charge on any atom is -0.495 e. The topological polar surface area (TPSA) is 46.6 Å². The second-order valence-electron chi connectivity index (χ2n) is 5.76. The Hall–Kier alpha value is -3.05. The molecule has 1 aliphatic rings. The summed E-state index contributed by atoms with van der Waals surface area (Å²) in [5, 5.41) is 1.80. The molecule has 0 spiro atoms. The average Bonchev–Trinajstić information content (AvgIpc) is 2.95. The fourth-order valence-corrected chi connectivity index (χ4v) is 3.83. The van der Waals surface area contributed by atoms with E-state index in [0.29, 0.717) is 16.3 Å². The number of rotatable bonds is 3. The van der Waals surface area contributed by atoms with Gasteiger partial charge in [0.15, 0.2) is 0 Å². The number of ether oxygens (including phenoxy) is 1. The lowest BCUT2D eigenvalue weighted by atomic mass is 10.0. The van der Waals surface area contributed by atoms with E-state index in [4.69, 9.17) is 4.74 Å². The fraction of sp³-hybridized carbons (Fsp3) is 0.0476. The Morgan fingerprint density at radius 2 is 1.65 bits per heavy atom. The van der Waals surface area contributed by atoms with Crippen LogP contribution in [0.15, 0.2) is 71.6 Å². The van der Waals surface area contributed by atoms with Crippen LogP contribution in [-0.4, -0.2) is 18.3 Å². The summed E-state index contributed by atoms with van der Waals surface area (Å²) in [6, 6.07) is 20.9. The van der Waals surface area contributed by atoms with E-state index < -0.39 is 0 Å². The predicted molar refractivity (Wildman–Crippen MR) is 105 cm³/mol. The second kappa shape index (κ2) is 6.69. The molecule has 1 saturated heterocycles. The SMILES string of the molecule is COc1ccccc1N1C(=O)S/C(=C\c2cccc3ccccc23)C1=O. The molecule has 4 rings (SSSR count). The smallest absolute Gasteiger partial charge is 0.298 e. The zero-order valence-electron chi connectivity index (χ0n) is 14.0. The van der Waals surface area contributed by atoms with E-state index in [1.165, 1.54) is 12.0 Å². The van der Waals surface area contributed by atoms with Crippen molar-refractivity contribution in [1.82, 2.24) is 0 Å². The Kier molecular flexibility index (Phi) is 4.22. The number of imide groups is 1. The molecule has 4 nitrogen and oxygen atoms in total. The number of benzene rings is 3. The van der Waals surface area contributed by atoms with E-state index in [1.54, 1.807) is 30.3 Å². The summed E-state index contributed by atoms with van der Waals surface area (Å²) in [4.78, 5) is 26.9. The van der Waals surface area contributed by atoms with Crippen LogP contribution in [0.2, 0.25) is 0 Å². The first kappa shape index (κ1) is 16.4. The molecule has 26 heavy (non-hydrogen) atoms. The van der Waals surface area contributed by atoms with Crippen molar-refractivity contribution in [1.29, 1.82) is 0 Å². The third-order valence-corrected chi connectivity index (χ3v) is 5.10. The largest absolute Gasteiger partial charge is 0.495 e. The van der Waals surface area contributed by atoms with Gasteiger partial charge in [0, 0.05) is 0 Å². The zero-order chi connectivity index (χ0) is 18.1. The van der Waals surface area contributed by atoms with Crippen molar-refractivity contribution in [2.24, 2.45) is 0 Å². The first-order chi connectivity index (χ1) is 12.7. The number of hydrogen-bond donors (Lipinski definition) is 0. The lowest BCUT2D eigenvalue weighted by Crippen LogP contribution is -2.28. The van der Waals surface area contributed by atoms with Crippen molar-refractivity contribution in [3.05, 3.63) is 77.2 Å². The van der Waals surface area contributed by atoms with Gasteiger partial charge in [-0.05, 0) is 46.3 Å². The highest BCUT2D eigenvalue weighted by Crippen LogP contribution is 2.39. The molecule has 0 aromatic heterocycles. The number of fused-ring (bicyclic) bond motifs is 1. The molecule has 2 amide bonds. The minimum atomic E-state index is -0.336. The van der Waals surface area contributed by atoms with E-state index in [2.05, 4.69) is 0 Å². The van der Waals surface area contributed by atoms with Crippen molar-refractivity contribution in [3.63, 3.8) is 0 Å². The molecule has 0 bridgehead atoms. The number of thioether (sulfide) groups is 1. The maximum atomic E-state index is 12.9. The van der Waals surface area contributed by atoms with E-state index in [0.717, 1.165) is 28.1 Å². The molecule has 0 aliphatic carbocycles. The molecule has 0 saturated carbocycles. The standard InChI is InChI=1S/C21H15NO3S/c1-25-18-12-5-4-11-17(18)22-20(23)19(26-21(22)24)13-15-9-6-8-14-7-2-3-10-16(14)15/h2-13H,1H3/b19-13-. The molecular formula is C21H15NO3S. The summed E-state index contributed by atoms with van der Waals surface area (Å²) in [6.07, 6.45) is 1.78. The molecule has 0 radical (unpaired) electrons. The molecule has 0 N–H and O–H groups in total. The third-order valence-electron chi connectivity index (χ3n) is 4.23. The molecular weight excluding hydrogens is 346 g/mol. The monoisotopic (exact) mass is 361 g/mol. The first-order valence-electron chi connectivity index (χ1n) is 8.08. The quantitative estimate of drug-likeness (QED) is 0.610. The average molecular weight is 361 g/mol. The highest BCUT2D eigenvalue weighted by atomic mass is 32.2. The van der Waals surface area contributed by atoms with Gasteiger partial charge in [-0.1, -0.05) is 54.6 Å². The van der Waals surface area contributed by atoms with Crippen molar-refractivity contribution >= 4 is 45.4 Å². The number of carbonyl (C=O) groups excluding carboxylic acids is 2. The lowest BCUT2D eigenvalue weighted by molar-refractivity contribution is -0.113. The minimum absolute atomic E-state index is 0.328. The third kappa shape index (κ3) is 2.76. The number of methoxy groups -OCH3 is 1. The van der Waals surface area contributed by atoms with Crippen LogP contribution in [0.3, 0.4) is 0 Å².